The van der Waals surface area contributed by atoms with E-state index in [2.05, 4.69) is 20.5 Å². The third kappa shape index (κ3) is 4.96. The number of hydrogen-bond donors (Lipinski definition) is 2. The van der Waals surface area contributed by atoms with E-state index in [1.165, 1.54) is 0 Å². The predicted octanol–water partition coefficient (Wildman–Crippen LogP) is 4.17. The average Bonchev–Trinajstić information content (AvgIpc) is 3.00. The van der Waals surface area contributed by atoms with Gasteiger partial charge < -0.3 is 19.9 Å². The topological polar surface area (TPSA) is 89.4 Å². The van der Waals surface area contributed by atoms with Crippen molar-refractivity contribution in [1.82, 2.24) is 20.5 Å². The van der Waals surface area contributed by atoms with Gasteiger partial charge in [0.2, 0.25) is 11.8 Å². The van der Waals surface area contributed by atoms with Crippen molar-refractivity contribution in [2.75, 3.05) is 14.2 Å². The van der Waals surface area contributed by atoms with E-state index in [0.29, 0.717) is 30.0 Å². The number of ether oxygens (including phenoxy) is 2. The Morgan fingerprint density at radius 1 is 1.03 bits per heavy atom. The summed E-state index contributed by atoms with van der Waals surface area (Å²) >= 11 is 0. The van der Waals surface area contributed by atoms with Crippen LogP contribution < -0.4 is 14.8 Å². The van der Waals surface area contributed by atoms with Gasteiger partial charge in [-0.05, 0) is 61.7 Å². The number of phenolic OH excluding ortho intramolecular Hbond substituents is 1. The van der Waals surface area contributed by atoms with E-state index in [-0.39, 0.29) is 17.7 Å². The van der Waals surface area contributed by atoms with E-state index >= 15 is 0 Å². The highest BCUT2D eigenvalue weighted by atomic mass is 19.1. The number of aromatic hydroxyl groups is 1. The van der Waals surface area contributed by atoms with Crippen LogP contribution in [0.2, 0.25) is 0 Å². The highest BCUT2D eigenvalue weighted by Gasteiger charge is 2.29. The first kappa shape index (κ1) is 22.0. The van der Waals surface area contributed by atoms with Gasteiger partial charge in [0.1, 0.15) is 18.0 Å². The number of nitrogens with zero attached hydrogens (tertiary/aromatic N) is 3. The van der Waals surface area contributed by atoms with Crippen LogP contribution in [0.1, 0.15) is 25.7 Å². The molecule has 1 aliphatic carbocycles. The molecular weight excluding hydrogens is 411 g/mol. The molecule has 4 rings (SSSR count). The van der Waals surface area contributed by atoms with Gasteiger partial charge in [-0.3, -0.25) is 0 Å². The summed E-state index contributed by atoms with van der Waals surface area (Å²) in [6.07, 6.45) is 2.90. The number of halogens is 1. The molecule has 1 fully saturated rings. The molecule has 0 amide bonds. The van der Waals surface area contributed by atoms with Crippen LogP contribution in [0.3, 0.4) is 0 Å². The Kier molecular flexibility index (Phi) is 6.80. The smallest absolute Gasteiger partial charge is 0.233 e. The molecular formula is C24H27FN4O3. The third-order valence-electron chi connectivity index (χ3n) is 5.82. The fraction of sp³-hybridized carbons (Fsp3) is 0.375. The standard InChI is InChI=1S/C24H27FN4O3/c1-26-17-4-3-5-19(25)22(14-17)32-23-9-8-20(28-29-23)18-7-6-15(12-21(18)30)16-10-11-27-24(13-16)31-2/h6-13,17,19,22,26,30H,3-5,14H2,1-2H3/t17?,19?,22-/m0/s1. The molecule has 32 heavy (non-hydrogen) atoms. The Hall–Kier alpha value is -3.26. The van der Waals surface area contributed by atoms with Crippen molar-refractivity contribution in [1.29, 1.82) is 0 Å². The predicted molar refractivity (Wildman–Crippen MR) is 120 cm³/mol. The number of pyridine rings is 1. The Morgan fingerprint density at radius 2 is 1.88 bits per heavy atom. The van der Waals surface area contributed by atoms with Gasteiger partial charge in [0, 0.05) is 36.4 Å². The van der Waals surface area contributed by atoms with Crippen molar-refractivity contribution in [2.24, 2.45) is 0 Å². The number of alkyl halides is 1. The largest absolute Gasteiger partial charge is 0.507 e. The minimum Gasteiger partial charge on any atom is -0.507 e. The van der Waals surface area contributed by atoms with E-state index in [4.69, 9.17) is 9.47 Å². The van der Waals surface area contributed by atoms with Gasteiger partial charge in [-0.1, -0.05) is 6.07 Å². The molecule has 0 bridgehead atoms. The molecule has 2 aromatic heterocycles. The van der Waals surface area contributed by atoms with E-state index in [9.17, 15) is 9.50 Å². The molecule has 3 atom stereocenters. The Balaban J connectivity index is 1.50. The van der Waals surface area contributed by atoms with Crippen LogP contribution in [0.15, 0.2) is 48.7 Å². The normalized spacial score (nSPS) is 21.0. The first-order chi connectivity index (χ1) is 15.6. The molecule has 2 unspecified atom stereocenters. The highest BCUT2D eigenvalue weighted by molar-refractivity contribution is 5.74. The maximum atomic E-state index is 14.5. The summed E-state index contributed by atoms with van der Waals surface area (Å²) in [6, 6.07) is 12.6. The second-order valence-electron chi connectivity index (χ2n) is 7.90. The van der Waals surface area contributed by atoms with Crippen molar-refractivity contribution in [3.8, 4) is 39.9 Å². The van der Waals surface area contributed by atoms with E-state index < -0.39 is 12.3 Å². The molecule has 0 aliphatic heterocycles. The van der Waals surface area contributed by atoms with Crippen molar-refractivity contribution in [3.63, 3.8) is 0 Å². The molecule has 2 heterocycles. The monoisotopic (exact) mass is 438 g/mol. The molecule has 0 radical (unpaired) electrons. The SMILES string of the molecule is CNC1CCCC(F)[C@@H](Oc2ccc(-c3ccc(-c4ccnc(OC)c4)cc3O)nn2)C1. The van der Waals surface area contributed by atoms with Gasteiger partial charge >= 0.3 is 0 Å². The Bertz CT molecular complexity index is 1050. The number of hydrogen-bond acceptors (Lipinski definition) is 7. The van der Waals surface area contributed by atoms with Gasteiger partial charge in [-0.15, -0.1) is 10.2 Å². The zero-order chi connectivity index (χ0) is 22.5. The first-order valence-corrected chi connectivity index (χ1v) is 10.7. The summed E-state index contributed by atoms with van der Waals surface area (Å²) in [4.78, 5) is 4.10. The number of rotatable bonds is 6. The lowest BCUT2D eigenvalue weighted by molar-refractivity contribution is 0.0837. The van der Waals surface area contributed by atoms with Gasteiger partial charge in [-0.2, -0.15) is 0 Å². The summed E-state index contributed by atoms with van der Waals surface area (Å²) in [5.74, 6) is 0.849. The number of aromatic nitrogens is 3. The zero-order valence-corrected chi connectivity index (χ0v) is 18.2. The van der Waals surface area contributed by atoms with Crippen LogP contribution in [0.4, 0.5) is 4.39 Å². The molecule has 1 aliphatic rings. The van der Waals surface area contributed by atoms with Crippen LogP contribution in [-0.4, -0.2) is 52.8 Å². The minimum atomic E-state index is -1.03. The fourth-order valence-corrected chi connectivity index (χ4v) is 3.99. The van der Waals surface area contributed by atoms with Crippen LogP contribution in [0, 0.1) is 0 Å². The maximum absolute atomic E-state index is 14.5. The second-order valence-corrected chi connectivity index (χ2v) is 7.90. The maximum Gasteiger partial charge on any atom is 0.233 e. The van der Waals surface area contributed by atoms with Crippen molar-refractivity contribution < 1.29 is 19.0 Å². The summed E-state index contributed by atoms with van der Waals surface area (Å²) in [7, 11) is 3.44. The number of methoxy groups -OCH3 is 1. The van der Waals surface area contributed by atoms with E-state index in [0.717, 1.165) is 24.0 Å². The van der Waals surface area contributed by atoms with E-state index in [1.54, 1.807) is 43.6 Å². The van der Waals surface area contributed by atoms with Crippen molar-refractivity contribution in [3.05, 3.63) is 48.7 Å². The molecule has 1 aromatic carbocycles. The molecule has 168 valence electrons. The third-order valence-corrected chi connectivity index (χ3v) is 5.82. The summed E-state index contributed by atoms with van der Waals surface area (Å²) < 4.78 is 25.5. The average molecular weight is 439 g/mol. The molecule has 1 saturated carbocycles. The van der Waals surface area contributed by atoms with Gasteiger partial charge in [-0.25, -0.2) is 9.37 Å². The van der Waals surface area contributed by atoms with Gasteiger partial charge in [0.25, 0.3) is 0 Å². The number of benzene rings is 1. The fourth-order valence-electron chi connectivity index (χ4n) is 3.99. The lowest BCUT2D eigenvalue weighted by atomic mass is 10.0. The summed E-state index contributed by atoms with van der Waals surface area (Å²) in [6.45, 7) is 0. The van der Waals surface area contributed by atoms with Crippen molar-refractivity contribution in [2.45, 2.75) is 44.0 Å². The lowest BCUT2D eigenvalue weighted by Crippen LogP contribution is -2.35. The van der Waals surface area contributed by atoms with Crippen LogP contribution >= 0.6 is 0 Å². The Morgan fingerprint density at radius 3 is 2.59 bits per heavy atom. The van der Waals surface area contributed by atoms with Gasteiger partial charge in [0.15, 0.2) is 0 Å². The Labute approximate surface area is 186 Å². The minimum absolute atomic E-state index is 0.0747. The molecule has 8 heteroatoms. The second kappa shape index (κ2) is 9.91. The van der Waals surface area contributed by atoms with Crippen LogP contribution in [0.25, 0.3) is 22.4 Å². The zero-order valence-electron chi connectivity index (χ0n) is 18.2. The molecule has 3 aromatic rings. The van der Waals surface area contributed by atoms with Crippen molar-refractivity contribution >= 4 is 0 Å². The van der Waals surface area contributed by atoms with Gasteiger partial charge in [0.05, 0.1) is 12.8 Å². The highest BCUT2D eigenvalue weighted by Crippen LogP contribution is 2.33. The molecule has 2 N–H and O–H groups in total. The van der Waals surface area contributed by atoms with E-state index in [1.807, 2.05) is 19.2 Å². The van der Waals surface area contributed by atoms with Crippen LogP contribution in [-0.2, 0) is 0 Å². The quantitative estimate of drug-likeness (QED) is 0.559. The number of nitrogens with one attached hydrogen (secondary N) is 1. The first-order valence-electron chi connectivity index (χ1n) is 10.7. The molecule has 0 saturated heterocycles. The van der Waals surface area contributed by atoms with Crippen LogP contribution in [0.5, 0.6) is 17.5 Å². The molecule has 7 nitrogen and oxygen atoms in total. The number of phenols is 1. The lowest BCUT2D eigenvalue weighted by Gasteiger charge is -2.22. The summed E-state index contributed by atoms with van der Waals surface area (Å²) in [5, 5.41) is 22.1. The molecule has 0 spiro atoms. The summed E-state index contributed by atoms with van der Waals surface area (Å²) in [5.41, 5.74) is 2.74.